The Morgan fingerprint density at radius 3 is 2.61 bits per heavy atom. The lowest BCUT2D eigenvalue weighted by atomic mass is 10.2. The highest BCUT2D eigenvalue weighted by Crippen LogP contribution is 2.34. The van der Waals surface area contributed by atoms with E-state index in [0.29, 0.717) is 49.5 Å². The number of nitrogens with zero attached hydrogens (tertiary/aromatic N) is 3. The maximum Gasteiger partial charge on any atom is 0.282 e. The van der Waals surface area contributed by atoms with Crippen LogP contribution in [-0.2, 0) is 4.79 Å². The van der Waals surface area contributed by atoms with E-state index in [-0.39, 0.29) is 18.0 Å². The van der Waals surface area contributed by atoms with Crippen LogP contribution in [-0.4, -0.2) is 42.6 Å². The number of halogens is 1. The number of benzene rings is 3. The van der Waals surface area contributed by atoms with Crippen molar-refractivity contribution in [1.29, 1.82) is 0 Å². The second-order valence-corrected chi connectivity index (χ2v) is 8.93. The quantitative estimate of drug-likeness (QED) is 0.272. The van der Waals surface area contributed by atoms with Crippen LogP contribution in [0.2, 0.25) is 0 Å². The molecule has 192 valence electrons. The summed E-state index contributed by atoms with van der Waals surface area (Å²) in [4.78, 5) is 29.4. The number of rotatable bonds is 8. The molecule has 2 heterocycles. The molecule has 0 radical (unpaired) electrons. The van der Waals surface area contributed by atoms with Gasteiger partial charge in [-0.2, -0.15) is 9.78 Å². The van der Waals surface area contributed by atoms with Crippen molar-refractivity contribution in [3.8, 4) is 28.8 Å². The fourth-order valence-corrected chi connectivity index (χ4v) is 4.33. The van der Waals surface area contributed by atoms with Gasteiger partial charge in [0.05, 0.1) is 36.7 Å². The second kappa shape index (κ2) is 10.4. The van der Waals surface area contributed by atoms with Crippen LogP contribution in [0.4, 0.5) is 0 Å². The molecule has 5 aromatic rings. The lowest BCUT2D eigenvalue weighted by Crippen LogP contribution is -2.20. The first kappa shape index (κ1) is 25.0. The van der Waals surface area contributed by atoms with Gasteiger partial charge in [-0.1, -0.05) is 18.2 Å². The average Bonchev–Trinajstić information content (AvgIpc) is 3.36. The van der Waals surface area contributed by atoms with Crippen molar-refractivity contribution >= 4 is 49.9 Å². The number of para-hydroxylation sites is 1. The van der Waals surface area contributed by atoms with E-state index in [4.69, 9.17) is 29.3 Å². The molecule has 38 heavy (non-hydrogen) atoms. The first-order chi connectivity index (χ1) is 18.4. The minimum absolute atomic E-state index is 0.215. The summed E-state index contributed by atoms with van der Waals surface area (Å²) in [6.45, 7) is -0.306. The van der Waals surface area contributed by atoms with Crippen LogP contribution in [0.3, 0.4) is 0 Å². The van der Waals surface area contributed by atoms with Crippen molar-refractivity contribution in [2.45, 2.75) is 0 Å². The number of ether oxygens (including phenoxy) is 3. The normalized spacial score (nSPS) is 11.3. The molecule has 0 aliphatic carbocycles. The number of hydrogen-bond donors (Lipinski definition) is 1. The van der Waals surface area contributed by atoms with Crippen molar-refractivity contribution in [1.82, 2.24) is 9.66 Å². The number of carbonyl (C=O) groups is 1. The van der Waals surface area contributed by atoms with Gasteiger partial charge in [0.2, 0.25) is 5.82 Å². The van der Waals surface area contributed by atoms with E-state index >= 15 is 0 Å². The number of amides is 1. The maximum atomic E-state index is 13.5. The summed E-state index contributed by atoms with van der Waals surface area (Å²) < 4.78 is 24.1. The van der Waals surface area contributed by atoms with Crippen LogP contribution >= 0.6 is 15.9 Å². The average molecular weight is 577 g/mol. The standard InChI is InChI=1S/C27H21BrN4O6/c1-35-20-8-5-9-21-17(20)11-24(38-21)26-31-19-7-4-3-6-16(19)27(34)32(26)30-13-15-10-22(36-2)23(12-18(15)28)37-14-25(29)33/h3-13H,14H2,1-2H3,(H2,29,33). The molecular formula is C27H21BrN4O6. The lowest BCUT2D eigenvalue weighted by Gasteiger charge is -2.12. The largest absolute Gasteiger partial charge is 0.496 e. The van der Waals surface area contributed by atoms with Gasteiger partial charge in [0.15, 0.2) is 23.9 Å². The van der Waals surface area contributed by atoms with Crippen LogP contribution < -0.4 is 25.5 Å². The molecule has 0 saturated carbocycles. The van der Waals surface area contributed by atoms with Crippen LogP contribution in [0.5, 0.6) is 17.2 Å². The van der Waals surface area contributed by atoms with Crippen LogP contribution in [0.15, 0.2) is 79.4 Å². The molecule has 0 atom stereocenters. The summed E-state index contributed by atoms with van der Waals surface area (Å²) in [5.41, 5.74) is 6.46. The number of carbonyl (C=O) groups excluding carboxylic acids is 1. The van der Waals surface area contributed by atoms with Crippen LogP contribution in [0.1, 0.15) is 5.56 Å². The monoisotopic (exact) mass is 576 g/mol. The van der Waals surface area contributed by atoms with Gasteiger partial charge >= 0.3 is 0 Å². The molecule has 10 nitrogen and oxygen atoms in total. The third-order valence-electron chi connectivity index (χ3n) is 5.68. The van der Waals surface area contributed by atoms with Gasteiger partial charge in [-0.15, -0.1) is 0 Å². The van der Waals surface area contributed by atoms with Gasteiger partial charge in [0, 0.05) is 10.0 Å². The highest BCUT2D eigenvalue weighted by Gasteiger charge is 2.18. The Morgan fingerprint density at radius 2 is 1.84 bits per heavy atom. The van der Waals surface area contributed by atoms with Gasteiger partial charge in [-0.05, 0) is 58.4 Å². The van der Waals surface area contributed by atoms with Crippen molar-refractivity contribution in [3.63, 3.8) is 0 Å². The zero-order valence-electron chi connectivity index (χ0n) is 20.3. The predicted molar refractivity (Wildman–Crippen MR) is 146 cm³/mol. The molecule has 2 N–H and O–H groups in total. The summed E-state index contributed by atoms with van der Waals surface area (Å²) in [6, 6.07) is 17.5. The molecule has 0 aliphatic heterocycles. The Labute approximate surface area is 224 Å². The molecular weight excluding hydrogens is 556 g/mol. The Kier molecular flexibility index (Phi) is 6.84. The first-order valence-electron chi connectivity index (χ1n) is 11.3. The molecule has 2 aromatic heterocycles. The van der Waals surface area contributed by atoms with Crippen molar-refractivity contribution < 1.29 is 23.4 Å². The number of methoxy groups -OCH3 is 2. The Morgan fingerprint density at radius 1 is 1.05 bits per heavy atom. The first-order valence-corrected chi connectivity index (χ1v) is 12.1. The SMILES string of the molecule is COc1cc(C=Nn2c(-c3cc4c(OC)cccc4o3)nc3ccccc3c2=O)c(Br)cc1OCC(N)=O. The summed E-state index contributed by atoms with van der Waals surface area (Å²) >= 11 is 3.47. The zero-order valence-corrected chi connectivity index (χ0v) is 21.9. The predicted octanol–water partition coefficient (Wildman–Crippen LogP) is 4.34. The third-order valence-corrected chi connectivity index (χ3v) is 6.37. The van der Waals surface area contributed by atoms with Crippen molar-refractivity contribution in [2.75, 3.05) is 20.8 Å². The van der Waals surface area contributed by atoms with Crippen molar-refractivity contribution in [2.24, 2.45) is 10.8 Å². The van der Waals surface area contributed by atoms with Gasteiger partial charge in [-0.25, -0.2) is 4.98 Å². The number of furan rings is 1. The lowest BCUT2D eigenvalue weighted by molar-refractivity contribution is -0.119. The maximum absolute atomic E-state index is 13.5. The summed E-state index contributed by atoms with van der Waals surface area (Å²) in [6.07, 6.45) is 1.48. The topological polar surface area (TPSA) is 131 Å². The Balaban J connectivity index is 1.65. The number of aromatic nitrogens is 2. The van der Waals surface area contributed by atoms with Gasteiger partial charge in [0.25, 0.3) is 11.5 Å². The number of primary amides is 1. The van der Waals surface area contributed by atoms with E-state index in [1.165, 1.54) is 18.0 Å². The number of fused-ring (bicyclic) bond motifs is 2. The molecule has 0 saturated heterocycles. The van der Waals surface area contributed by atoms with E-state index in [1.54, 1.807) is 55.6 Å². The molecule has 0 unspecified atom stereocenters. The molecule has 3 aromatic carbocycles. The third kappa shape index (κ3) is 4.71. The molecule has 11 heteroatoms. The van der Waals surface area contributed by atoms with E-state index in [1.807, 2.05) is 12.1 Å². The summed E-state index contributed by atoms with van der Waals surface area (Å²) in [7, 11) is 3.04. The van der Waals surface area contributed by atoms with Crippen LogP contribution in [0, 0.1) is 0 Å². The van der Waals surface area contributed by atoms with Crippen molar-refractivity contribution in [3.05, 3.63) is 81.1 Å². The van der Waals surface area contributed by atoms with E-state index in [9.17, 15) is 9.59 Å². The molecule has 5 rings (SSSR count). The molecule has 0 aliphatic rings. The highest BCUT2D eigenvalue weighted by atomic mass is 79.9. The fourth-order valence-electron chi connectivity index (χ4n) is 3.90. The summed E-state index contributed by atoms with van der Waals surface area (Å²) in [5, 5.41) is 5.62. The fraction of sp³-hybridized carbons (Fsp3) is 0.111. The smallest absolute Gasteiger partial charge is 0.282 e. The summed E-state index contributed by atoms with van der Waals surface area (Å²) in [5.74, 6) is 1.24. The van der Waals surface area contributed by atoms with Gasteiger partial charge in [0.1, 0.15) is 11.3 Å². The minimum Gasteiger partial charge on any atom is -0.496 e. The molecule has 1 amide bonds. The van der Waals surface area contributed by atoms with E-state index in [2.05, 4.69) is 21.0 Å². The van der Waals surface area contributed by atoms with Gasteiger partial charge < -0.3 is 24.4 Å². The van der Waals surface area contributed by atoms with E-state index in [0.717, 1.165) is 5.39 Å². The zero-order chi connectivity index (χ0) is 26.8. The Bertz CT molecular complexity index is 1780. The highest BCUT2D eigenvalue weighted by molar-refractivity contribution is 9.10. The minimum atomic E-state index is -0.618. The van der Waals surface area contributed by atoms with Gasteiger partial charge in [-0.3, -0.25) is 9.59 Å². The number of hydrogen-bond acceptors (Lipinski definition) is 8. The Hall–Kier alpha value is -4.64. The van der Waals surface area contributed by atoms with Crippen LogP contribution in [0.25, 0.3) is 33.5 Å². The molecule has 0 bridgehead atoms. The van der Waals surface area contributed by atoms with E-state index < -0.39 is 5.91 Å². The molecule has 0 fully saturated rings. The number of nitrogens with two attached hydrogens (primary N) is 1. The second-order valence-electron chi connectivity index (χ2n) is 8.08. The molecule has 0 spiro atoms.